The molecule has 0 spiro atoms. The number of nitrogens with one attached hydrogen (secondary N) is 2. The van der Waals surface area contributed by atoms with Crippen molar-refractivity contribution in [1.29, 1.82) is 0 Å². The number of hydrogen-bond donors (Lipinski definition) is 3. The number of benzene rings is 1. The lowest BCUT2D eigenvalue weighted by atomic mass is 9.99. The Bertz CT molecular complexity index is 546. The number of carbonyl (C=O) groups excluding carboxylic acids is 1. The van der Waals surface area contributed by atoms with E-state index in [-0.39, 0.29) is 22.6 Å². The molecule has 0 aliphatic heterocycles. The van der Waals surface area contributed by atoms with Crippen LogP contribution >= 0.6 is 15.9 Å². The van der Waals surface area contributed by atoms with Crippen molar-refractivity contribution < 1.29 is 23.5 Å². The molecule has 0 fully saturated rings. The Morgan fingerprint density at radius 3 is 2.50 bits per heavy atom. The Hall–Kier alpha value is -1.54. The molecule has 22 heavy (non-hydrogen) atoms. The van der Waals surface area contributed by atoms with Crippen molar-refractivity contribution in [1.82, 2.24) is 5.32 Å². The predicted molar refractivity (Wildman–Crippen MR) is 81.6 cm³/mol. The largest absolute Gasteiger partial charge is 0.480 e. The summed E-state index contributed by atoms with van der Waals surface area (Å²) in [6.07, 6.45) is 0.629. The summed E-state index contributed by atoms with van der Waals surface area (Å²) in [5.41, 5.74) is -0.191. The molecule has 0 heterocycles. The van der Waals surface area contributed by atoms with E-state index in [9.17, 15) is 18.4 Å². The van der Waals surface area contributed by atoms with Crippen LogP contribution in [0, 0.1) is 17.6 Å². The second-order valence-corrected chi connectivity index (χ2v) is 5.73. The normalized spacial score (nSPS) is 13.5. The van der Waals surface area contributed by atoms with Gasteiger partial charge in [-0.3, -0.25) is 14.9 Å². The van der Waals surface area contributed by atoms with Crippen LogP contribution in [0.3, 0.4) is 0 Å². The third kappa shape index (κ3) is 5.03. The zero-order chi connectivity index (χ0) is 16.9. The number of carboxylic acids is 1. The van der Waals surface area contributed by atoms with Crippen LogP contribution in [0.2, 0.25) is 0 Å². The Morgan fingerprint density at radius 1 is 1.36 bits per heavy atom. The van der Waals surface area contributed by atoms with Crippen LogP contribution < -0.4 is 10.6 Å². The molecule has 1 aromatic rings. The molecule has 2 atom stereocenters. The first-order chi connectivity index (χ1) is 10.3. The lowest BCUT2D eigenvalue weighted by molar-refractivity contribution is -0.140. The van der Waals surface area contributed by atoms with Gasteiger partial charge in [-0.1, -0.05) is 20.3 Å². The molecule has 0 aromatic heterocycles. The van der Waals surface area contributed by atoms with E-state index in [0.29, 0.717) is 12.5 Å². The van der Waals surface area contributed by atoms with Gasteiger partial charge in [0, 0.05) is 10.5 Å². The summed E-state index contributed by atoms with van der Waals surface area (Å²) in [5.74, 6) is -3.54. The molecule has 0 saturated heterocycles. The number of halogens is 3. The highest BCUT2D eigenvalue weighted by Gasteiger charge is 2.23. The zero-order valence-corrected chi connectivity index (χ0v) is 13.7. The third-order valence-electron chi connectivity index (χ3n) is 3.23. The molecule has 0 aliphatic carbocycles. The van der Waals surface area contributed by atoms with Crippen LogP contribution in [-0.2, 0) is 9.59 Å². The van der Waals surface area contributed by atoms with Gasteiger partial charge in [0.2, 0.25) is 5.91 Å². The van der Waals surface area contributed by atoms with Gasteiger partial charge in [0.1, 0.15) is 11.9 Å². The van der Waals surface area contributed by atoms with Gasteiger partial charge in [0.15, 0.2) is 5.82 Å². The van der Waals surface area contributed by atoms with Crippen molar-refractivity contribution in [2.24, 2.45) is 5.92 Å². The second kappa shape index (κ2) is 8.19. The van der Waals surface area contributed by atoms with Crippen molar-refractivity contribution in [3.8, 4) is 0 Å². The standard InChI is InChI=1S/C14H17BrF2N2O3/c1-3-7(2)12(14(21)22)18-6-11(20)19-13-9(15)4-8(16)5-10(13)17/h4-5,7,12,18H,3,6H2,1-2H3,(H,19,20)(H,21,22)/t7-,12-/m0/s1. The maximum atomic E-state index is 13.6. The average molecular weight is 379 g/mol. The number of amides is 1. The molecule has 0 unspecified atom stereocenters. The van der Waals surface area contributed by atoms with E-state index in [0.717, 1.165) is 6.07 Å². The molecule has 122 valence electrons. The summed E-state index contributed by atoms with van der Waals surface area (Å²) in [6.45, 7) is 3.29. The molecular formula is C14H17BrF2N2O3. The highest BCUT2D eigenvalue weighted by Crippen LogP contribution is 2.26. The second-order valence-electron chi connectivity index (χ2n) is 4.87. The Labute approximate surface area is 135 Å². The number of aliphatic carboxylic acids is 1. The van der Waals surface area contributed by atoms with Crippen molar-refractivity contribution in [2.45, 2.75) is 26.3 Å². The molecule has 0 aliphatic rings. The fraction of sp³-hybridized carbons (Fsp3) is 0.429. The Morgan fingerprint density at radius 2 is 2.00 bits per heavy atom. The first-order valence-electron chi connectivity index (χ1n) is 6.66. The topological polar surface area (TPSA) is 78.4 Å². The Kier molecular flexibility index (Phi) is 6.89. The number of carboxylic acid groups (broad SMARTS) is 1. The lowest BCUT2D eigenvalue weighted by Crippen LogP contribution is -2.45. The van der Waals surface area contributed by atoms with E-state index in [1.54, 1.807) is 6.92 Å². The summed E-state index contributed by atoms with van der Waals surface area (Å²) in [4.78, 5) is 22.9. The third-order valence-corrected chi connectivity index (χ3v) is 3.86. The van der Waals surface area contributed by atoms with Gasteiger partial charge >= 0.3 is 5.97 Å². The van der Waals surface area contributed by atoms with Gasteiger partial charge in [-0.25, -0.2) is 8.78 Å². The van der Waals surface area contributed by atoms with Crippen LogP contribution in [0.25, 0.3) is 0 Å². The SMILES string of the molecule is CC[C@H](C)[C@H](NCC(=O)Nc1c(F)cc(F)cc1Br)C(=O)O. The van der Waals surface area contributed by atoms with E-state index in [1.165, 1.54) is 0 Å². The van der Waals surface area contributed by atoms with Gasteiger partial charge in [-0.05, 0) is 27.9 Å². The van der Waals surface area contributed by atoms with Gasteiger partial charge < -0.3 is 10.4 Å². The molecule has 0 radical (unpaired) electrons. The minimum Gasteiger partial charge on any atom is -0.480 e. The van der Waals surface area contributed by atoms with Crippen LogP contribution in [-0.4, -0.2) is 29.6 Å². The van der Waals surface area contributed by atoms with Crippen LogP contribution in [0.4, 0.5) is 14.5 Å². The molecule has 3 N–H and O–H groups in total. The lowest BCUT2D eigenvalue weighted by Gasteiger charge is -2.20. The highest BCUT2D eigenvalue weighted by molar-refractivity contribution is 9.10. The van der Waals surface area contributed by atoms with Gasteiger partial charge in [-0.2, -0.15) is 0 Å². The van der Waals surface area contributed by atoms with Crippen molar-refractivity contribution >= 4 is 33.5 Å². The summed E-state index contributed by atoms with van der Waals surface area (Å²) in [7, 11) is 0. The van der Waals surface area contributed by atoms with Crippen LogP contribution in [0.1, 0.15) is 20.3 Å². The van der Waals surface area contributed by atoms with E-state index in [2.05, 4.69) is 26.6 Å². The summed E-state index contributed by atoms with van der Waals surface area (Å²) in [6, 6.07) is 0.787. The fourth-order valence-electron chi connectivity index (χ4n) is 1.82. The average Bonchev–Trinajstić information content (AvgIpc) is 2.42. The smallest absolute Gasteiger partial charge is 0.320 e. The number of rotatable bonds is 7. The molecule has 0 bridgehead atoms. The van der Waals surface area contributed by atoms with E-state index in [4.69, 9.17) is 5.11 Å². The molecule has 0 saturated carbocycles. The highest BCUT2D eigenvalue weighted by atomic mass is 79.9. The van der Waals surface area contributed by atoms with Crippen molar-refractivity contribution in [3.05, 3.63) is 28.2 Å². The van der Waals surface area contributed by atoms with E-state index >= 15 is 0 Å². The first-order valence-corrected chi connectivity index (χ1v) is 7.46. The fourth-order valence-corrected chi connectivity index (χ4v) is 2.32. The summed E-state index contributed by atoms with van der Waals surface area (Å²) < 4.78 is 26.6. The monoisotopic (exact) mass is 378 g/mol. The van der Waals surface area contributed by atoms with Crippen LogP contribution in [0.5, 0.6) is 0 Å². The molecule has 5 nitrogen and oxygen atoms in total. The van der Waals surface area contributed by atoms with E-state index in [1.807, 2.05) is 6.92 Å². The molecule has 1 aromatic carbocycles. The minimum atomic E-state index is -1.06. The zero-order valence-electron chi connectivity index (χ0n) is 12.1. The molecule has 8 heteroatoms. The van der Waals surface area contributed by atoms with Gasteiger partial charge in [0.25, 0.3) is 0 Å². The van der Waals surface area contributed by atoms with Gasteiger partial charge in [-0.15, -0.1) is 0 Å². The summed E-state index contributed by atoms with van der Waals surface area (Å²) >= 11 is 2.95. The van der Waals surface area contributed by atoms with Crippen molar-refractivity contribution in [3.63, 3.8) is 0 Å². The number of carbonyl (C=O) groups is 2. The number of anilines is 1. The number of hydrogen-bond acceptors (Lipinski definition) is 3. The van der Waals surface area contributed by atoms with E-state index < -0.39 is 29.6 Å². The first kappa shape index (κ1) is 18.5. The maximum absolute atomic E-state index is 13.6. The minimum absolute atomic E-state index is 0.0649. The molecule has 1 rings (SSSR count). The molecule has 1 amide bonds. The van der Waals surface area contributed by atoms with Crippen LogP contribution in [0.15, 0.2) is 16.6 Å². The maximum Gasteiger partial charge on any atom is 0.320 e. The quantitative estimate of drug-likeness (QED) is 0.681. The molecular weight excluding hydrogens is 362 g/mol. The predicted octanol–water partition coefficient (Wildman–Crippen LogP) is 2.75. The Balaban J connectivity index is 2.69. The van der Waals surface area contributed by atoms with Gasteiger partial charge in [0.05, 0.1) is 12.2 Å². The summed E-state index contributed by atoms with van der Waals surface area (Å²) in [5, 5.41) is 14.0. The van der Waals surface area contributed by atoms with Crippen molar-refractivity contribution in [2.75, 3.05) is 11.9 Å².